The number of unbranched alkanes of at least 4 members (excludes halogenated alkanes) is 11. The summed E-state index contributed by atoms with van der Waals surface area (Å²) in [4.78, 5) is 11.4. The van der Waals surface area contributed by atoms with Gasteiger partial charge in [0.15, 0.2) is 0 Å². The molecule has 0 unspecified atom stereocenters. The summed E-state index contributed by atoms with van der Waals surface area (Å²) in [6.45, 7) is 2.21. The number of carbonyl (C=O) groups is 1. The minimum absolute atomic E-state index is 0. The van der Waals surface area contributed by atoms with Gasteiger partial charge in [-0.05, 0) is 32.1 Å². The Morgan fingerprint density at radius 3 is 1.85 bits per heavy atom. The number of rotatable bonds is 18. The van der Waals surface area contributed by atoms with Crippen LogP contribution in [0.4, 0.5) is 0 Å². The molecule has 0 bridgehead atoms. The minimum atomic E-state index is -3.78. The molecule has 0 amide bonds. The number of hydrogen-bond donors (Lipinski definition) is 1. The van der Waals surface area contributed by atoms with Crippen molar-refractivity contribution in [2.45, 2.75) is 96.8 Å². The van der Waals surface area contributed by atoms with E-state index in [0.29, 0.717) is 6.42 Å². The van der Waals surface area contributed by atoms with Crippen LogP contribution in [0.5, 0.6) is 0 Å². The van der Waals surface area contributed by atoms with E-state index in [1.54, 1.807) is 0 Å². The number of hydrogen-bond acceptors (Lipinski definition) is 5. The average molecular weight is 413 g/mol. The van der Waals surface area contributed by atoms with Crippen LogP contribution in [0, 0.1) is 0 Å². The zero-order valence-electron chi connectivity index (χ0n) is 17.6. The van der Waals surface area contributed by atoms with Gasteiger partial charge in [0.05, 0.1) is 5.75 Å². The van der Waals surface area contributed by atoms with Crippen molar-refractivity contribution < 1.29 is 17.4 Å². The van der Waals surface area contributed by atoms with E-state index in [9.17, 15) is 13.2 Å². The summed E-state index contributed by atoms with van der Waals surface area (Å²) in [5.74, 6) is -0.985. The molecule has 0 aliphatic heterocycles. The van der Waals surface area contributed by atoms with Crippen LogP contribution in [0.15, 0.2) is 12.2 Å². The Bertz CT molecular complexity index is 467. The second kappa shape index (κ2) is 20.8. The summed E-state index contributed by atoms with van der Waals surface area (Å²) >= 11 is 0. The second-order valence-corrected chi connectivity index (χ2v) is 8.53. The fourth-order valence-electron chi connectivity index (χ4n) is 2.71. The maximum atomic E-state index is 11.4. The van der Waals surface area contributed by atoms with Crippen molar-refractivity contribution in [2.75, 3.05) is 12.3 Å². The quantitative estimate of drug-likeness (QED) is 0.155. The monoisotopic (exact) mass is 412 g/mol. The first-order chi connectivity index (χ1) is 12.5. The SMILES string of the molecule is CCCCCCCC/C=C\CCCCCCCC(=O)OS(=O)(=O)CCN.[Na]. The largest absolute Gasteiger partial charge is 0.346 e. The van der Waals surface area contributed by atoms with Crippen molar-refractivity contribution >= 4 is 45.6 Å². The molecule has 0 atom stereocenters. The predicted octanol–water partition coefficient (Wildman–Crippen LogP) is 4.47. The van der Waals surface area contributed by atoms with Gasteiger partial charge in [-0.25, -0.2) is 0 Å². The molecule has 0 aliphatic rings. The molecular weight excluding hydrogens is 373 g/mol. The predicted molar refractivity (Wildman–Crippen MR) is 114 cm³/mol. The maximum Gasteiger partial charge on any atom is 0.322 e. The number of carbonyl (C=O) groups excluding carboxylic acids is 1. The van der Waals surface area contributed by atoms with Gasteiger partial charge in [0.1, 0.15) is 0 Å². The molecule has 0 aromatic rings. The molecule has 0 aromatic heterocycles. The molecule has 0 rings (SSSR count). The van der Waals surface area contributed by atoms with Gasteiger partial charge in [-0.2, -0.15) is 8.42 Å². The number of nitrogens with two attached hydrogens (primary N) is 1. The summed E-state index contributed by atoms with van der Waals surface area (Å²) in [5.41, 5.74) is 5.15. The van der Waals surface area contributed by atoms with E-state index in [1.807, 2.05) is 0 Å². The summed E-state index contributed by atoms with van der Waals surface area (Å²) in [6, 6.07) is 0. The molecule has 27 heavy (non-hydrogen) atoms. The van der Waals surface area contributed by atoms with Crippen LogP contribution in [-0.2, 0) is 19.1 Å². The van der Waals surface area contributed by atoms with Crippen LogP contribution in [-0.4, -0.2) is 56.2 Å². The Hall–Kier alpha value is 0.120. The van der Waals surface area contributed by atoms with Crippen molar-refractivity contribution in [2.24, 2.45) is 5.73 Å². The van der Waals surface area contributed by atoms with Crippen molar-refractivity contribution in [3.05, 3.63) is 12.2 Å². The van der Waals surface area contributed by atoms with Gasteiger partial charge in [-0.15, -0.1) is 0 Å². The molecule has 0 saturated carbocycles. The minimum Gasteiger partial charge on any atom is -0.346 e. The first-order valence-electron chi connectivity index (χ1n) is 10.3. The second-order valence-electron chi connectivity index (χ2n) is 6.84. The zero-order chi connectivity index (χ0) is 19.5. The van der Waals surface area contributed by atoms with Gasteiger partial charge in [0.25, 0.3) is 0 Å². The summed E-state index contributed by atoms with van der Waals surface area (Å²) in [5, 5.41) is 0. The van der Waals surface area contributed by atoms with Crippen LogP contribution in [0.25, 0.3) is 0 Å². The van der Waals surface area contributed by atoms with E-state index >= 15 is 0 Å². The molecule has 7 heteroatoms. The van der Waals surface area contributed by atoms with Gasteiger partial charge in [0.2, 0.25) is 0 Å². The van der Waals surface area contributed by atoms with Crippen molar-refractivity contribution in [3.63, 3.8) is 0 Å². The molecule has 0 aromatic carbocycles. The van der Waals surface area contributed by atoms with Crippen LogP contribution >= 0.6 is 0 Å². The fourth-order valence-corrected chi connectivity index (χ4v) is 3.45. The summed E-state index contributed by atoms with van der Waals surface area (Å²) in [6.07, 6.45) is 20.1. The van der Waals surface area contributed by atoms with Gasteiger partial charge in [-0.1, -0.05) is 70.4 Å². The maximum absolute atomic E-state index is 11.4. The Morgan fingerprint density at radius 2 is 1.33 bits per heavy atom. The molecule has 2 N–H and O–H groups in total. The zero-order valence-corrected chi connectivity index (χ0v) is 20.4. The molecule has 0 aliphatic carbocycles. The van der Waals surface area contributed by atoms with E-state index in [0.717, 1.165) is 25.7 Å². The van der Waals surface area contributed by atoms with Crippen molar-refractivity contribution in [1.29, 1.82) is 0 Å². The number of allylic oxidation sites excluding steroid dienone is 2. The van der Waals surface area contributed by atoms with E-state index in [-0.39, 0.29) is 48.3 Å². The Morgan fingerprint density at radius 1 is 0.852 bits per heavy atom. The molecule has 0 heterocycles. The van der Waals surface area contributed by atoms with Crippen LogP contribution in [0.3, 0.4) is 0 Å². The Balaban J connectivity index is 0. The van der Waals surface area contributed by atoms with E-state index in [2.05, 4.69) is 23.3 Å². The smallest absolute Gasteiger partial charge is 0.322 e. The van der Waals surface area contributed by atoms with Gasteiger partial charge in [-0.3, -0.25) is 4.79 Å². The standard InChI is InChI=1S/C20H39NO4S.Na/c1-2-3-4-5-6-7-8-9-10-11-12-13-14-15-16-17-20(22)25-26(23,24)19-18-21;/h9-10H,2-8,11-19,21H2,1H3;/b10-9-;. The third kappa shape index (κ3) is 22.3. The molecule has 155 valence electrons. The fraction of sp³-hybridized carbons (Fsp3) is 0.850. The van der Waals surface area contributed by atoms with E-state index < -0.39 is 16.1 Å². The Kier molecular flexibility index (Phi) is 22.6. The van der Waals surface area contributed by atoms with Gasteiger partial charge >= 0.3 is 16.1 Å². The van der Waals surface area contributed by atoms with E-state index in [4.69, 9.17) is 5.73 Å². The van der Waals surface area contributed by atoms with Crippen LogP contribution < -0.4 is 5.73 Å². The molecule has 0 saturated heterocycles. The topological polar surface area (TPSA) is 86.5 Å². The van der Waals surface area contributed by atoms with Crippen LogP contribution in [0.1, 0.15) is 96.8 Å². The first kappa shape index (κ1) is 29.3. The molecular formula is C20H39NNaO4S. The van der Waals surface area contributed by atoms with Gasteiger partial charge < -0.3 is 9.92 Å². The summed E-state index contributed by atoms with van der Waals surface area (Å²) in [7, 11) is -3.78. The van der Waals surface area contributed by atoms with E-state index in [1.165, 1.54) is 51.4 Å². The average Bonchev–Trinajstić information content (AvgIpc) is 2.57. The first-order valence-corrected chi connectivity index (χ1v) is 11.9. The Labute approximate surface area is 189 Å². The van der Waals surface area contributed by atoms with Crippen LogP contribution in [0.2, 0.25) is 0 Å². The normalized spacial score (nSPS) is 11.5. The van der Waals surface area contributed by atoms with Crippen molar-refractivity contribution in [3.8, 4) is 0 Å². The summed E-state index contributed by atoms with van der Waals surface area (Å²) < 4.78 is 27.0. The third-order valence-electron chi connectivity index (χ3n) is 4.23. The van der Waals surface area contributed by atoms with Gasteiger partial charge in [0, 0.05) is 42.5 Å². The molecule has 0 fully saturated rings. The molecule has 5 nitrogen and oxygen atoms in total. The van der Waals surface area contributed by atoms with Crippen molar-refractivity contribution in [1.82, 2.24) is 0 Å². The molecule has 0 spiro atoms. The molecule has 1 radical (unpaired) electrons. The third-order valence-corrected chi connectivity index (χ3v) is 5.41.